The first-order chi connectivity index (χ1) is 11.4. The molecule has 0 aromatic heterocycles. The van der Waals surface area contributed by atoms with Crippen LogP contribution in [0.15, 0.2) is 24.3 Å². The second-order valence-corrected chi connectivity index (χ2v) is 8.08. The highest BCUT2D eigenvalue weighted by atomic mass is 32.2. The Bertz CT molecular complexity index is 619. The minimum atomic E-state index is -3.48. The molecule has 1 N–H and O–H groups in total. The highest BCUT2D eigenvalue weighted by Crippen LogP contribution is 2.33. The van der Waals surface area contributed by atoms with E-state index in [0.29, 0.717) is 19.6 Å². The zero-order chi connectivity index (χ0) is 17.7. The number of anilines is 1. The van der Waals surface area contributed by atoms with Crippen LogP contribution in [0, 0.1) is 0 Å². The van der Waals surface area contributed by atoms with Gasteiger partial charge in [-0.2, -0.15) is 5.06 Å². The number of hydroxylamine groups is 2. The molecule has 7 nitrogen and oxygen atoms in total. The third-order valence-electron chi connectivity index (χ3n) is 4.16. The van der Waals surface area contributed by atoms with E-state index in [1.165, 1.54) is 0 Å². The van der Waals surface area contributed by atoms with Crippen LogP contribution < -0.4 is 9.62 Å². The van der Waals surface area contributed by atoms with Gasteiger partial charge in [0.25, 0.3) is 0 Å². The van der Waals surface area contributed by atoms with Crippen LogP contribution in [0.1, 0.15) is 18.0 Å². The average Bonchev–Trinajstić information content (AvgIpc) is 2.94. The molecule has 0 unspecified atom stereocenters. The van der Waals surface area contributed by atoms with Crippen molar-refractivity contribution in [1.82, 2.24) is 9.79 Å². The van der Waals surface area contributed by atoms with Gasteiger partial charge < -0.3 is 9.64 Å². The molecule has 2 atom stereocenters. The summed E-state index contributed by atoms with van der Waals surface area (Å²) in [6, 6.07) is 7.55. The lowest BCUT2D eigenvalue weighted by Crippen LogP contribution is -2.39. The lowest BCUT2D eigenvalue weighted by atomic mass is 10.0. The normalized spacial score (nSPS) is 22.0. The van der Waals surface area contributed by atoms with Crippen LogP contribution in [-0.4, -0.2) is 66.7 Å². The van der Waals surface area contributed by atoms with E-state index < -0.39 is 15.3 Å². The van der Waals surface area contributed by atoms with Crippen molar-refractivity contribution >= 4 is 15.7 Å². The summed E-state index contributed by atoms with van der Waals surface area (Å²) in [4.78, 5) is 7.51. The molecule has 24 heavy (non-hydrogen) atoms. The molecule has 1 fully saturated rings. The SMILES string of the molecule is COCCCNS(=O)(=O)[C@@H]1CON(C)[C@@H]1c1ccc(N(C)C)cc1. The van der Waals surface area contributed by atoms with E-state index in [9.17, 15) is 8.42 Å². The molecule has 1 aliphatic rings. The maximum absolute atomic E-state index is 12.6. The van der Waals surface area contributed by atoms with Gasteiger partial charge in [0.05, 0.1) is 12.6 Å². The molecule has 136 valence electrons. The number of nitrogens with one attached hydrogen (secondary N) is 1. The molecule has 0 aliphatic carbocycles. The molecule has 0 saturated carbocycles. The fourth-order valence-electron chi connectivity index (χ4n) is 2.79. The Balaban J connectivity index is 2.14. The molecular formula is C16H27N3O4S. The standard InChI is InChI=1S/C16H27N3O4S/c1-18(2)14-8-6-13(7-9-14)16-15(12-23-19(16)3)24(20,21)17-10-5-11-22-4/h6-9,15-17H,5,10-12H2,1-4H3/t15-,16-/m1/s1. The Hall–Kier alpha value is -1.19. The lowest BCUT2D eigenvalue weighted by molar-refractivity contribution is -0.110. The van der Waals surface area contributed by atoms with Gasteiger partial charge in [-0.3, -0.25) is 4.84 Å². The van der Waals surface area contributed by atoms with Gasteiger partial charge in [-0.25, -0.2) is 13.1 Å². The topological polar surface area (TPSA) is 71.1 Å². The minimum Gasteiger partial charge on any atom is -0.385 e. The Labute approximate surface area is 144 Å². The average molecular weight is 357 g/mol. The summed E-state index contributed by atoms with van der Waals surface area (Å²) in [7, 11) is 3.83. The monoisotopic (exact) mass is 357 g/mol. The molecule has 0 radical (unpaired) electrons. The number of hydrogen-bond acceptors (Lipinski definition) is 6. The van der Waals surface area contributed by atoms with Crippen LogP contribution in [-0.2, 0) is 19.6 Å². The summed E-state index contributed by atoms with van der Waals surface area (Å²) in [6.45, 7) is 1.04. The van der Waals surface area contributed by atoms with Gasteiger partial charge >= 0.3 is 0 Å². The maximum Gasteiger partial charge on any atom is 0.218 e. The molecule has 1 heterocycles. The first-order valence-corrected chi connectivity index (χ1v) is 9.52. The van der Waals surface area contributed by atoms with Crippen molar-refractivity contribution in [1.29, 1.82) is 0 Å². The van der Waals surface area contributed by atoms with Gasteiger partial charge in [0, 0.05) is 47.1 Å². The van der Waals surface area contributed by atoms with E-state index in [4.69, 9.17) is 9.57 Å². The second kappa shape index (κ2) is 8.26. The second-order valence-electron chi connectivity index (χ2n) is 6.10. The van der Waals surface area contributed by atoms with Gasteiger partial charge in [0.2, 0.25) is 10.0 Å². The largest absolute Gasteiger partial charge is 0.385 e. The summed E-state index contributed by atoms with van der Waals surface area (Å²) < 4.78 is 32.9. The third kappa shape index (κ3) is 4.46. The molecule has 1 saturated heterocycles. The number of sulfonamides is 1. The molecule has 1 aromatic carbocycles. The van der Waals surface area contributed by atoms with Crippen LogP contribution in [0.4, 0.5) is 5.69 Å². The molecular weight excluding hydrogens is 330 g/mol. The van der Waals surface area contributed by atoms with E-state index in [0.717, 1.165) is 11.3 Å². The Morgan fingerprint density at radius 1 is 1.33 bits per heavy atom. The zero-order valence-corrected chi connectivity index (χ0v) is 15.5. The molecule has 1 aromatic rings. The van der Waals surface area contributed by atoms with Crippen molar-refractivity contribution in [2.45, 2.75) is 17.7 Å². The van der Waals surface area contributed by atoms with Gasteiger partial charge in [-0.1, -0.05) is 12.1 Å². The molecule has 8 heteroatoms. The van der Waals surface area contributed by atoms with E-state index >= 15 is 0 Å². The fourth-order valence-corrected chi connectivity index (χ4v) is 4.34. The third-order valence-corrected chi connectivity index (χ3v) is 5.96. The van der Waals surface area contributed by atoms with Crippen molar-refractivity contribution in [3.63, 3.8) is 0 Å². The number of methoxy groups -OCH3 is 1. The predicted molar refractivity (Wildman–Crippen MR) is 94.4 cm³/mol. The van der Waals surface area contributed by atoms with Crippen molar-refractivity contribution in [3.8, 4) is 0 Å². The van der Waals surface area contributed by atoms with Crippen molar-refractivity contribution in [2.24, 2.45) is 0 Å². The molecule has 2 rings (SSSR count). The van der Waals surface area contributed by atoms with Crippen LogP contribution in [0.3, 0.4) is 0 Å². The summed E-state index contributed by atoms with van der Waals surface area (Å²) in [5.74, 6) is 0. The fraction of sp³-hybridized carbons (Fsp3) is 0.625. The van der Waals surface area contributed by atoms with Gasteiger partial charge in [0.15, 0.2) is 0 Å². The Kier molecular flexibility index (Phi) is 6.59. The van der Waals surface area contributed by atoms with Gasteiger partial charge in [-0.15, -0.1) is 0 Å². The molecule has 1 aliphatic heterocycles. The first kappa shape index (κ1) is 19.1. The number of ether oxygens (including phenoxy) is 1. The van der Waals surface area contributed by atoms with Crippen LogP contribution >= 0.6 is 0 Å². The van der Waals surface area contributed by atoms with E-state index in [2.05, 4.69) is 4.72 Å². The van der Waals surface area contributed by atoms with Gasteiger partial charge in [-0.05, 0) is 24.1 Å². The van der Waals surface area contributed by atoms with Crippen molar-refractivity contribution < 1.29 is 18.0 Å². The lowest BCUT2D eigenvalue weighted by Gasteiger charge is -2.24. The Morgan fingerprint density at radius 2 is 2.00 bits per heavy atom. The van der Waals surface area contributed by atoms with Crippen LogP contribution in [0.5, 0.6) is 0 Å². The minimum absolute atomic E-state index is 0.149. The summed E-state index contributed by atoms with van der Waals surface area (Å²) in [5, 5.41) is 0.985. The highest BCUT2D eigenvalue weighted by molar-refractivity contribution is 7.90. The quantitative estimate of drug-likeness (QED) is 0.700. The predicted octanol–water partition coefficient (Wildman–Crippen LogP) is 0.995. The summed E-state index contributed by atoms with van der Waals surface area (Å²) in [5.41, 5.74) is 1.99. The number of nitrogens with zero attached hydrogens (tertiary/aromatic N) is 2. The molecule has 0 amide bonds. The summed E-state index contributed by atoms with van der Waals surface area (Å²) in [6.07, 6.45) is 0.640. The maximum atomic E-state index is 12.6. The number of rotatable bonds is 8. The van der Waals surface area contributed by atoms with Crippen molar-refractivity contribution in [2.75, 3.05) is 52.9 Å². The highest BCUT2D eigenvalue weighted by Gasteiger charge is 2.42. The van der Waals surface area contributed by atoms with Crippen LogP contribution in [0.2, 0.25) is 0 Å². The number of hydrogen-bond donors (Lipinski definition) is 1. The zero-order valence-electron chi connectivity index (χ0n) is 14.7. The smallest absolute Gasteiger partial charge is 0.218 e. The number of benzene rings is 1. The van der Waals surface area contributed by atoms with Crippen molar-refractivity contribution in [3.05, 3.63) is 29.8 Å². The van der Waals surface area contributed by atoms with Gasteiger partial charge in [0.1, 0.15) is 5.25 Å². The van der Waals surface area contributed by atoms with E-state index in [1.807, 2.05) is 43.3 Å². The van der Waals surface area contributed by atoms with E-state index in [1.54, 1.807) is 19.2 Å². The van der Waals surface area contributed by atoms with E-state index in [-0.39, 0.29) is 12.6 Å². The molecule has 0 spiro atoms. The summed E-state index contributed by atoms with van der Waals surface area (Å²) >= 11 is 0. The first-order valence-electron chi connectivity index (χ1n) is 7.97. The Morgan fingerprint density at radius 3 is 2.58 bits per heavy atom. The van der Waals surface area contributed by atoms with Crippen LogP contribution in [0.25, 0.3) is 0 Å². The molecule has 0 bridgehead atoms.